The van der Waals surface area contributed by atoms with Gasteiger partial charge in [0.1, 0.15) is 11.4 Å². The Kier molecular flexibility index (Phi) is 5.51. The minimum Gasteiger partial charge on any atom is -0.325 e. The highest BCUT2D eigenvalue weighted by Gasteiger charge is 2.14. The predicted molar refractivity (Wildman–Crippen MR) is 117 cm³/mol. The molecule has 0 saturated carbocycles. The van der Waals surface area contributed by atoms with E-state index in [4.69, 9.17) is 11.6 Å². The van der Waals surface area contributed by atoms with Gasteiger partial charge in [-0.1, -0.05) is 41.6 Å². The fraction of sp³-hybridized carbons (Fsp3) is 0.143. The number of fused-ring (bicyclic) bond motifs is 1. The first-order valence-corrected chi connectivity index (χ1v) is 10.3. The Morgan fingerprint density at radius 3 is 2.55 bits per heavy atom. The topological polar surface area (TPSA) is 72.7 Å². The summed E-state index contributed by atoms with van der Waals surface area (Å²) in [6.07, 6.45) is 3.21. The molecule has 4 rings (SSSR count). The summed E-state index contributed by atoms with van der Waals surface area (Å²) in [6.45, 7) is 3.96. The third-order valence-electron chi connectivity index (χ3n) is 4.49. The summed E-state index contributed by atoms with van der Waals surface area (Å²) < 4.78 is 1.73. The molecule has 0 fully saturated rings. The van der Waals surface area contributed by atoms with Crippen LogP contribution in [0.2, 0.25) is 5.02 Å². The maximum absolute atomic E-state index is 12.5. The number of anilines is 1. The van der Waals surface area contributed by atoms with Crippen LogP contribution < -0.4 is 5.32 Å². The average Bonchev–Trinajstić information content (AvgIpc) is 3.15. The molecule has 1 amide bonds. The van der Waals surface area contributed by atoms with Gasteiger partial charge in [-0.2, -0.15) is 5.10 Å². The Morgan fingerprint density at radius 2 is 1.83 bits per heavy atom. The molecule has 0 bridgehead atoms. The van der Waals surface area contributed by atoms with Crippen LogP contribution in [-0.4, -0.2) is 31.4 Å². The number of halogens is 1. The van der Waals surface area contributed by atoms with Crippen molar-refractivity contribution in [2.75, 3.05) is 11.1 Å². The number of hydrogen-bond donors (Lipinski definition) is 1. The smallest absolute Gasteiger partial charge is 0.234 e. The summed E-state index contributed by atoms with van der Waals surface area (Å²) in [5, 5.41) is 9.60. The van der Waals surface area contributed by atoms with Crippen LogP contribution in [0.3, 0.4) is 0 Å². The Balaban J connectivity index is 1.53. The maximum Gasteiger partial charge on any atom is 0.234 e. The molecule has 146 valence electrons. The average molecular weight is 424 g/mol. The van der Waals surface area contributed by atoms with Gasteiger partial charge in [0, 0.05) is 10.7 Å². The largest absolute Gasteiger partial charge is 0.325 e. The predicted octanol–water partition coefficient (Wildman–Crippen LogP) is 4.82. The van der Waals surface area contributed by atoms with Crippen LogP contribution in [0.15, 0.2) is 60.0 Å². The fourth-order valence-electron chi connectivity index (χ4n) is 3.03. The van der Waals surface area contributed by atoms with E-state index in [1.54, 1.807) is 23.0 Å². The first kappa shape index (κ1) is 19.4. The molecule has 0 spiro atoms. The molecule has 0 aliphatic carbocycles. The number of nitrogens with one attached hydrogen (secondary N) is 1. The number of nitrogens with zero attached hydrogens (tertiary/aromatic N) is 4. The summed E-state index contributed by atoms with van der Waals surface area (Å²) >= 11 is 7.33. The third-order valence-corrected chi connectivity index (χ3v) is 5.74. The zero-order valence-electron chi connectivity index (χ0n) is 15.9. The van der Waals surface area contributed by atoms with Crippen molar-refractivity contribution in [2.45, 2.75) is 18.9 Å². The number of aromatic nitrogens is 4. The molecule has 0 saturated heterocycles. The van der Waals surface area contributed by atoms with Gasteiger partial charge in [0.2, 0.25) is 5.91 Å². The van der Waals surface area contributed by atoms with Crippen molar-refractivity contribution in [3.63, 3.8) is 0 Å². The number of carbonyl (C=O) groups is 1. The standard InChI is InChI=1S/C21H18ClN5OS/c1-13-4-3-5-14(2)19(13)26-18(28)11-29-21-17-10-25-27(20(17)23-12-24-21)16-8-6-15(22)7-9-16/h3-10,12H,11H2,1-2H3,(H,26,28). The first-order chi connectivity index (χ1) is 14.0. The van der Waals surface area contributed by atoms with Crippen molar-refractivity contribution in [3.8, 4) is 5.69 Å². The van der Waals surface area contributed by atoms with Crippen LogP contribution in [-0.2, 0) is 4.79 Å². The molecule has 1 N–H and O–H groups in total. The number of carbonyl (C=O) groups excluding carboxylic acids is 1. The number of hydrogen-bond acceptors (Lipinski definition) is 5. The van der Waals surface area contributed by atoms with E-state index in [9.17, 15) is 4.79 Å². The number of para-hydroxylation sites is 1. The van der Waals surface area contributed by atoms with Gasteiger partial charge in [-0.3, -0.25) is 4.79 Å². The molecular weight excluding hydrogens is 406 g/mol. The molecule has 0 atom stereocenters. The number of aryl methyl sites for hydroxylation is 2. The molecule has 2 aromatic carbocycles. The minimum absolute atomic E-state index is 0.0794. The van der Waals surface area contributed by atoms with Gasteiger partial charge >= 0.3 is 0 Å². The zero-order chi connectivity index (χ0) is 20.4. The minimum atomic E-state index is -0.0794. The molecule has 2 aromatic heterocycles. The fourth-order valence-corrected chi connectivity index (χ4v) is 3.92. The highest BCUT2D eigenvalue weighted by Crippen LogP contribution is 2.27. The van der Waals surface area contributed by atoms with Gasteiger partial charge in [-0.25, -0.2) is 14.6 Å². The van der Waals surface area contributed by atoms with E-state index >= 15 is 0 Å². The van der Waals surface area contributed by atoms with Crippen molar-refractivity contribution in [2.24, 2.45) is 0 Å². The van der Waals surface area contributed by atoms with Gasteiger partial charge in [0.15, 0.2) is 5.65 Å². The van der Waals surface area contributed by atoms with Gasteiger partial charge in [-0.15, -0.1) is 0 Å². The van der Waals surface area contributed by atoms with Crippen molar-refractivity contribution < 1.29 is 4.79 Å². The Morgan fingerprint density at radius 1 is 1.10 bits per heavy atom. The van der Waals surface area contributed by atoms with Gasteiger partial charge in [0.05, 0.1) is 23.0 Å². The molecule has 0 radical (unpaired) electrons. The Hall–Kier alpha value is -2.90. The highest BCUT2D eigenvalue weighted by molar-refractivity contribution is 8.00. The lowest BCUT2D eigenvalue weighted by Gasteiger charge is -2.11. The third kappa shape index (κ3) is 4.11. The van der Waals surface area contributed by atoms with Crippen LogP contribution in [0.25, 0.3) is 16.7 Å². The summed E-state index contributed by atoms with van der Waals surface area (Å²) in [5.41, 5.74) is 4.47. The Bertz CT molecular complexity index is 1170. The second kappa shape index (κ2) is 8.23. The number of thioether (sulfide) groups is 1. The monoisotopic (exact) mass is 423 g/mol. The molecule has 29 heavy (non-hydrogen) atoms. The van der Waals surface area contributed by atoms with Crippen LogP contribution in [0.1, 0.15) is 11.1 Å². The molecule has 8 heteroatoms. The first-order valence-electron chi connectivity index (χ1n) is 8.96. The molecule has 0 aliphatic rings. The molecule has 2 heterocycles. The number of amides is 1. The summed E-state index contributed by atoms with van der Waals surface area (Å²) in [4.78, 5) is 21.2. The van der Waals surface area contributed by atoms with Crippen LogP contribution in [0.4, 0.5) is 5.69 Å². The van der Waals surface area contributed by atoms with Gasteiger partial charge < -0.3 is 5.32 Å². The summed E-state index contributed by atoms with van der Waals surface area (Å²) in [6, 6.07) is 13.3. The molecular formula is C21H18ClN5OS. The zero-order valence-corrected chi connectivity index (χ0v) is 17.5. The van der Waals surface area contributed by atoms with Gasteiger partial charge in [-0.05, 0) is 49.2 Å². The highest BCUT2D eigenvalue weighted by atomic mass is 35.5. The van der Waals surface area contributed by atoms with Crippen LogP contribution in [0.5, 0.6) is 0 Å². The van der Waals surface area contributed by atoms with Gasteiger partial charge in [0.25, 0.3) is 0 Å². The van der Waals surface area contributed by atoms with E-state index in [1.165, 1.54) is 18.1 Å². The lowest BCUT2D eigenvalue weighted by molar-refractivity contribution is -0.113. The normalized spacial score (nSPS) is 11.0. The Labute approximate surface area is 177 Å². The molecule has 0 aliphatic heterocycles. The number of rotatable bonds is 5. The van der Waals surface area contributed by atoms with E-state index in [2.05, 4.69) is 20.4 Å². The molecule has 6 nitrogen and oxygen atoms in total. The van der Waals surface area contributed by atoms with Crippen molar-refractivity contribution in [1.29, 1.82) is 0 Å². The molecule has 0 unspecified atom stereocenters. The van der Waals surface area contributed by atoms with E-state index < -0.39 is 0 Å². The molecule has 4 aromatic rings. The maximum atomic E-state index is 12.5. The van der Waals surface area contributed by atoms with Crippen molar-refractivity contribution in [1.82, 2.24) is 19.7 Å². The van der Waals surface area contributed by atoms with E-state index in [-0.39, 0.29) is 11.7 Å². The second-order valence-electron chi connectivity index (χ2n) is 6.55. The van der Waals surface area contributed by atoms with Crippen molar-refractivity contribution in [3.05, 3.63) is 71.1 Å². The SMILES string of the molecule is Cc1cccc(C)c1NC(=O)CSc1ncnc2c1cnn2-c1ccc(Cl)cc1. The van der Waals surface area contributed by atoms with Crippen LogP contribution >= 0.6 is 23.4 Å². The summed E-state index contributed by atoms with van der Waals surface area (Å²) in [5.74, 6) is 0.163. The van der Waals surface area contributed by atoms with E-state index in [0.717, 1.165) is 27.9 Å². The summed E-state index contributed by atoms with van der Waals surface area (Å²) in [7, 11) is 0. The van der Waals surface area contributed by atoms with E-state index in [1.807, 2.05) is 44.2 Å². The second-order valence-corrected chi connectivity index (χ2v) is 7.95. The number of benzene rings is 2. The van der Waals surface area contributed by atoms with Crippen LogP contribution in [0, 0.1) is 13.8 Å². The quantitative estimate of drug-likeness (QED) is 0.368. The lowest BCUT2D eigenvalue weighted by Crippen LogP contribution is -2.15. The lowest BCUT2D eigenvalue weighted by atomic mass is 10.1. The van der Waals surface area contributed by atoms with E-state index in [0.29, 0.717) is 15.7 Å². The van der Waals surface area contributed by atoms with Crippen molar-refractivity contribution >= 4 is 46.0 Å².